The van der Waals surface area contributed by atoms with E-state index in [1.807, 2.05) is 31.2 Å². The number of benzene rings is 1. The molecule has 1 aliphatic heterocycles. The van der Waals surface area contributed by atoms with E-state index in [2.05, 4.69) is 13.8 Å². The van der Waals surface area contributed by atoms with Gasteiger partial charge in [0.25, 0.3) is 11.8 Å². The minimum absolute atomic E-state index is 0.0964. The van der Waals surface area contributed by atoms with Crippen LogP contribution < -0.4 is 4.90 Å². The Morgan fingerprint density at radius 2 is 1.15 bits per heavy atom. The Bertz CT molecular complexity index is 609. The average molecular weight is 356 g/mol. The number of anilines is 1. The molecule has 0 aromatic heterocycles. The van der Waals surface area contributed by atoms with E-state index >= 15 is 0 Å². The third-order valence-corrected chi connectivity index (χ3v) is 5.14. The van der Waals surface area contributed by atoms with Crippen molar-refractivity contribution in [3.05, 3.63) is 41.0 Å². The monoisotopic (exact) mass is 355 g/mol. The Balaban J connectivity index is 2.16. The number of unbranched alkanes of at least 4 members (excludes halogenated alkanes) is 6. The van der Waals surface area contributed by atoms with Crippen LogP contribution >= 0.6 is 0 Å². The summed E-state index contributed by atoms with van der Waals surface area (Å²) in [5.41, 5.74) is 3.35. The molecule has 0 aliphatic carbocycles. The molecule has 0 saturated heterocycles. The molecule has 1 heterocycles. The zero-order valence-corrected chi connectivity index (χ0v) is 16.6. The first-order chi connectivity index (χ1) is 12.6. The molecule has 2 amide bonds. The molecule has 0 bridgehead atoms. The second kappa shape index (κ2) is 10.3. The van der Waals surface area contributed by atoms with Crippen molar-refractivity contribution in [3.63, 3.8) is 0 Å². The van der Waals surface area contributed by atoms with Crippen LogP contribution in [-0.2, 0) is 9.59 Å². The summed E-state index contributed by atoms with van der Waals surface area (Å²) in [7, 11) is 0. The van der Waals surface area contributed by atoms with Gasteiger partial charge in [0, 0.05) is 11.1 Å². The van der Waals surface area contributed by atoms with E-state index < -0.39 is 0 Å². The Kier molecular flexibility index (Phi) is 8.08. The van der Waals surface area contributed by atoms with Gasteiger partial charge < -0.3 is 0 Å². The predicted octanol–water partition coefficient (Wildman–Crippen LogP) is 6.11. The van der Waals surface area contributed by atoms with Crippen molar-refractivity contribution in [1.82, 2.24) is 0 Å². The van der Waals surface area contributed by atoms with Crippen molar-refractivity contribution in [2.45, 2.75) is 85.0 Å². The van der Waals surface area contributed by atoms with Crippen LogP contribution in [0.15, 0.2) is 35.4 Å². The van der Waals surface area contributed by atoms with Crippen LogP contribution in [0.4, 0.5) is 5.69 Å². The van der Waals surface area contributed by atoms with Gasteiger partial charge in [-0.15, -0.1) is 0 Å². The maximum absolute atomic E-state index is 13.0. The molecule has 1 aliphatic rings. The Morgan fingerprint density at radius 1 is 0.692 bits per heavy atom. The molecule has 1 aromatic rings. The lowest BCUT2D eigenvalue weighted by molar-refractivity contribution is -0.120. The number of carbonyl (C=O) groups is 2. The fraction of sp³-hybridized carbons (Fsp3) is 0.565. The number of carbonyl (C=O) groups excluding carboxylic acids is 2. The second-order valence-electron chi connectivity index (χ2n) is 7.36. The molecular weight excluding hydrogens is 322 g/mol. The van der Waals surface area contributed by atoms with Crippen LogP contribution in [0, 0.1) is 6.92 Å². The van der Waals surface area contributed by atoms with Gasteiger partial charge in [-0.05, 0) is 44.7 Å². The highest BCUT2D eigenvalue weighted by Gasteiger charge is 2.37. The molecule has 142 valence electrons. The van der Waals surface area contributed by atoms with Gasteiger partial charge in [-0.2, -0.15) is 0 Å². The van der Waals surface area contributed by atoms with Crippen molar-refractivity contribution in [1.29, 1.82) is 0 Å². The first-order valence-corrected chi connectivity index (χ1v) is 10.3. The van der Waals surface area contributed by atoms with Gasteiger partial charge in [0.1, 0.15) is 0 Å². The van der Waals surface area contributed by atoms with Crippen molar-refractivity contribution >= 4 is 17.5 Å². The second-order valence-corrected chi connectivity index (χ2v) is 7.36. The van der Waals surface area contributed by atoms with Gasteiger partial charge >= 0.3 is 0 Å². The van der Waals surface area contributed by atoms with Crippen molar-refractivity contribution in [2.24, 2.45) is 0 Å². The largest absolute Gasteiger partial charge is 0.269 e. The van der Waals surface area contributed by atoms with Gasteiger partial charge in [-0.3, -0.25) is 9.59 Å². The van der Waals surface area contributed by atoms with Gasteiger partial charge in [0.15, 0.2) is 0 Å². The smallest absolute Gasteiger partial charge is 0.261 e. The zero-order valence-electron chi connectivity index (χ0n) is 16.6. The first-order valence-electron chi connectivity index (χ1n) is 10.3. The molecule has 26 heavy (non-hydrogen) atoms. The van der Waals surface area contributed by atoms with E-state index in [1.54, 1.807) is 0 Å². The molecule has 0 saturated carbocycles. The summed E-state index contributed by atoms with van der Waals surface area (Å²) in [6.45, 7) is 6.37. The van der Waals surface area contributed by atoms with Crippen molar-refractivity contribution in [3.8, 4) is 0 Å². The average Bonchev–Trinajstić information content (AvgIpc) is 2.87. The minimum atomic E-state index is -0.0964. The number of aryl methyl sites for hydroxylation is 1. The van der Waals surface area contributed by atoms with Gasteiger partial charge in [-0.25, -0.2) is 4.90 Å². The van der Waals surface area contributed by atoms with Crippen LogP contribution in [-0.4, -0.2) is 11.8 Å². The standard InChI is InChI=1S/C23H33NO2/c1-4-6-8-10-12-20-21(13-11-9-7-5-2)23(26)24(22(20)25)19-16-14-18(3)15-17-19/h14-17H,4-13H2,1-3H3. The third-order valence-electron chi connectivity index (χ3n) is 5.14. The highest BCUT2D eigenvalue weighted by Crippen LogP contribution is 2.32. The fourth-order valence-corrected chi connectivity index (χ4v) is 3.52. The van der Waals surface area contributed by atoms with Crippen LogP contribution in [0.5, 0.6) is 0 Å². The van der Waals surface area contributed by atoms with Crippen LogP contribution in [0.25, 0.3) is 0 Å². The van der Waals surface area contributed by atoms with E-state index in [1.165, 1.54) is 30.6 Å². The highest BCUT2D eigenvalue weighted by atomic mass is 16.2. The molecule has 0 unspecified atom stereocenters. The molecule has 3 heteroatoms. The van der Waals surface area contributed by atoms with Gasteiger partial charge in [0.05, 0.1) is 5.69 Å². The minimum Gasteiger partial charge on any atom is -0.269 e. The van der Waals surface area contributed by atoms with Crippen LogP contribution in [0.1, 0.15) is 83.6 Å². The molecule has 0 radical (unpaired) electrons. The third kappa shape index (κ3) is 5.06. The number of nitrogens with zero attached hydrogens (tertiary/aromatic N) is 1. The number of rotatable bonds is 11. The van der Waals surface area contributed by atoms with Crippen molar-refractivity contribution in [2.75, 3.05) is 4.90 Å². The molecule has 0 atom stereocenters. The normalized spacial score (nSPS) is 14.7. The number of hydrogen-bond donors (Lipinski definition) is 0. The molecule has 0 fully saturated rings. The Labute approximate surface area is 158 Å². The molecule has 0 N–H and O–H groups in total. The summed E-state index contributed by atoms with van der Waals surface area (Å²) in [6.07, 6.45) is 10.4. The van der Waals surface area contributed by atoms with E-state index in [0.29, 0.717) is 5.69 Å². The summed E-state index contributed by atoms with van der Waals surface area (Å²) in [4.78, 5) is 27.4. The van der Waals surface area contributed by atoms with Crippen LogP contribution in [0.3, 0.4) is 0 Å². The topological polar surface area (TPSA) is 37.4 Å². The van der Waals surface area contributed by atoms with Crippen molar-refractivity contribution < 1.29 is 9.59 Å². The summed E-state index contributed by atoms with van der Waals surface area (Å²) in [5, 5.41) is 0. The number of amides is 2. The van der Waals surface area contributed by atoms with E-state index in [-0.39, 0.29) is 11.8 Å². The van der Waals surface area contributed by atoms with E-state index in [9.17, 15) is 9.59 Å². The van der Waals surface area contributed by atoms with Gasteiger partial charge in [-0.1, -0.05) is 70.1 Å². The SMILES string of the molecule is CCCCCCC1=C(CCCCCC)C(=O)N(c2ccc(C)cc2)C1=O. The zero-order chi connectivity index (χ0) is 18.9. The molecular formula is C23H33NO2. The number of hydrogen-bond acceptors (Lipinski definition) is 2. The molecule has 1 aromatic carbocycles. The summed E-state index contributed by atoms with van der Waals surface area (Å²) in [6, 6.07) is 7.66. The Hall–Kier alpha value is -1.90. The summed E-state index contributed by atoms with van der Waals surface area (Å²) >= 11 is 0. The summed E-state index contributed by atoms with van der Waals surface area (Å²) in [5.74, 6) is -0.193. The molecule has 2 rings (SSSR count). The van der Waals surface area contributed by atoms with E-state index in [4.69, 9.17) is 0 Å². The maximum atomic E-state index is 13.0. The molecule has 0 spiro atoms. The lowest BCUT2D eigenvalue weighted by atomic mass is 9.98. The van der Waals surface area contributed by atoms with Gasteiger partial charge in [0.2, 0.25) is 0 Å². The van der Waals surface area contributed by atoms with Crippen LogP contribution in [0.2, 0.25) is 0 Å². The quantitative estimate of drug-likeness (QED) is 0.355. The predicted molar refractivity (Wildman–Crippen MR) is 108 cm³/mol. The highest BCUT2D eigenvalue weighted by molar-refractivity contribution is 6.32. The molecule has 3 nitrogen and oxygen atoms in total. The maximum Gasteiger partial charge on any atom is 0.261 e. The summed E-state index contributed by atoms with van der Waals surface area (Å²) < 4.78 is 0. The van der Waals surface area contributed by atoms with E-state index in [0.717, 1.165) is 55.2 Å². The fourth-order valence-electron chi connectivity index (χ4n) is 3.52. The first kappa shape index (κ1) is 20.4. The Morgan fingerprint density at radius 3 is 1.58 bits per heavy atom. The number of imide groups is 1. The lowest BCUT2D eigenvalue weighted by Gasteiger charge is -2.15. The lowest BCUT2D eigenvalue weighted by Crippen LogP contribution is -2.31.